The molecule has 3 rings (SSSR count). The lowest BCUT2D eigenvalue weighted by Crippen LogP contribution is -2.43. The molecule has 0 saturated carbocycles. The van der Waals surface area contributed by atoms with Crippen LogP contribution in [0.5, 0.6) is 0 Å². The number of aryl methyl sites for hydroxylation is 1. The third-order valence-corrected chi connectivity index (χ3v) is 3.82. The van der Waals surface area contributed by atoms with Crippen molar-refractivity contribution in [2.24, 2.45) is 0 Å². The van der Waals surface area contributed by atoms with Gasteiger partial charge in [0, 0.05) is 43.5 Å². The first-order chi connectivity index (χ1) is 10.3. The number of rotatable bonds is 3. The van der Waals surface area contributed by atoms with E-state index in [9.17, 15) is 4.79 Å². The molecule has 0 aliphatic carbocycles. The molecule has 21 heavy (non-hydrogen) atoms. The van der Waals surface area contributed by atoms with E-state index in [4.69, 9.17) is 0 Å². The first-order valence-corrected chi connectivity index (χ1v) is 7.28. The van der Waals surface area contributed by atoms with Crippen LogP contribution in [0.4, 0.5) is 5.82 Å². The molecule has 108 valence electrons. The van der Waals surface area contributed by atoms with Crippen LogP contribution in [0.15, 0.2) is 42.6 Å². The molecule has 1 aromatic heterocycles. The third kappa shape index (κ3) is 2.95. The molecule has 0 unspecified atom stereocenters. The summed E-state index contributed by atoms with van der Waals surface area (Å²) < 4.78 is 0. The van der Waals surface area contributed by atoms with Crippen molar-refractivity contribution >= 4 is 11.6 Å². The minimum Gasteiger partial charge on any atom is -0.354 e. The molecule has 0 radical (unpaired) electrons. The summed E-state index contributed by atoms with van der Waals surface area (Å²) in [7, 11) is 0. The number of nitrogens with one attached hydrogen (secondary N) is 1. The summed E-state index contributed by atoms with van der Waals surface area (Å²) in [5.74, 6) is 0.992. The predicted octanol–water partition coefficient (Wildman–Crippen LogP) is 2.03. The molecule has 0 bridgehead atoms. The van der Waals surface area contributed by atoms with Crippen LogP contribution in [-0.4, -0.2) is 36.9 Å². The maximum atomic E-state index is 12.5. The number of carbonyl (C=O) groups excluding carboxylic acids is 1. The zero-order chi connectivity index (χ0) is 14.7. The van der Waals surface area contributed by atoms with E-state index in [1.807, 2.05) is 43.3 Å². The smallest absolute Gasteiger partial charge is 0.194 e. The molecular weight excluding hydrogens is 262 g/mol. The molecule has 4 heteroatoms. The van der Waals surface area contributed by atoms with E-state index in [-0.39, 0.29) is 5.78 Å². The Kier molecular flexibility index (Phi) is 3.97. The van der Waals surface area contributed by atoms with Gasteiger partial charge >= 0.3 is 0 Å². The lowest BCUT2D eigenvalue weighted by atomic mass is 10.0. The Morgan fingerprint density at radius 1 is 1.19 bits per heavy atom. The number of carbonyl (C=O) groups is 1. The van der Waals surface area contributed by atoms with E-state index < -0.39 is 0 Å². The van der Waals surface area contributed by atoms with Gasteiger partial charge in [-0.1, -0.05) is 30.3 Å². The van der Waals surface area contributed by atoms with E-state index in [0.29, 0.717) is 11.1 Å². The summed E-state index contributed by atoms with van der Waals surface area (Å²) in [5.41, 5.74) is 2.37. The van der Waals surface area contributed by atoms with Crippen molar-refractivity contribution in [2.45, 2.75) is 6.92 Å². The molecule has 2 aromatic rings. The van der Waals surface area contributed by atoms with Gasteiger partial charge < -0.3 is 10.2 Å². The van der Waals surface area contributed by atoms with Crippen molar-refractivity contribution in [1.82, 2.24) is 10.3 Å². The second-order valence-corrected chi connectivity index (χ2v) is 5.29. The maximum Gasteiger partial charge on any atom is 0.194 e. The highest BCUT2D eigenvalue weighted by Gasteiger charge is 2.16. The SMILES string of the molecule is Cc1cc(N2CCNCC2)ncc1C(=O)c1ccccc1. The Morgan fingerprint density at radius 3 is 2.57 bits per heavy atom. The number of hydrogen-bond acceptors (Lipinski definition) is 4. The third-order valence-electron chi connectivity index (χ3n) is 3.82. The van der Waals surface area contributed by atoms with Crippen molar-refractivity contribution in [2.75, 3.05) is 31.1 Å². The number of aromatic nitrogens is 1. The predicted molar refractivity (Wildman–Crippen MR) is 83.9 cm³/mol. The second-order valence-electron chi connectivity index (χ2n) is 5.29. The Labute approximate surface area is 124 Å². The van der Waals surface area contributed by atoms with E-state index in [0.717, 1.165) is 37.6 Å². The zero-order valence-corrected chi connectivity index (χ0v) is 12.2. The molecule has 1 aromatic carbocycles. The topological polar surface area (TPSA) is 45.2 Å². The van der Waals surface area contributed by atoms with Crippen molar-refractivity contribution in [1.29, 1.82) is 0 Å². The average Bonchev–Trinajstić information content (AvgIpc) is 2.56. The molecule has 1 saturated heterocycles. The summed E-state index contributed by atoms with van der Waals surface area (Å²) in [6.45, 7) is 5.84. The fourth-order valence-corrected chi connectivity index (χ4v) is 2.59. The minimum absolute atomic E-state index is 0.0347. The number of nitrogens with zero attached hydrogens (tertiary/aromatic N) is 2. The quantitative estimate of drug-likeness (QED) is 0.874. The fraction of sp³-hybridized carbons (Fsp3) is 0.294. The standard InChI is InChI=1S/C17H19N3O/c1-13-11-16(20-9-7-18-8-10-20)19-12-15(13)17(21)14-5-3-2-4-6-14/h2-6,11-12,18H,7-10H2,1H3. The highest BCUT2D eigenvalue weighted by atomic mass is 16.1. The number of benzene rings is 1. The summed E-state index contributed by atoms with van der Waals surface area (Å²) in [5, 5.41) is 3.33. The van der Waals surface area contributed by atoms with Crippen LogP contribution in [0.1, 0.15) is 21.5 Å². The molecule has 1 aliphatic rings. The van der Waals surface area contributed by atoms with Crippen LogP contribution >= 0.6 is 0 Å². The molecule has 2 heterocycles. The molecule has 1 N–H and O–H groups in total. The normalized spacial score (nSPS) is 15.0. The molecule has 0 spiro atoms. The lowest BCUT2D eigenvalue weighted by Gasteiger charge is -2.28. The van der Waals surface area contributed by atoms with Crippen molar-refractivity contribution in [3.63, 3.8) is 0 Å². The molecular formula is C17H19N3O. The molecule has 0 atom stereocenters. The van der Waals surface area contributed by atoms with Crippen molar-refractivity contribution in [3.05, 3.63) is 59.3 Å². The molecule has 1 fully saturated rings. The number of piperazine rings is 1. The van der Waals surface area contributed by atoms with Gasteiger partial charge in [0.2, 0.25) is 0 Å². The fourth-order valence-electron chi connectivity index (χ4n) is 2.59. The van der Waals surface area contributed by atoms with Crippen LogP contribution < -0.4 is 10.2 Å². The Morgan fingerprint density at radius 2 is 1.90 bits per heavy atom. The number of hydrogen-bond donors (Lipinski definition) is 1. The molecule has 4 nitrogen and oxygen atoms in total. The maximum absolute atomic E-state index is 12.5. The van der Waals surface area contributed by atoms with Crippen LogP contribution in [-0.2, 0) is 0 Å². The molecule has 0 amide bonds. The highest BCUT2D eigenvalue weighted by molar-refractivity contribution is 6.09. The Hall–Kier alpha value is -2.20. The Bertz CT molecular complexity index is 634. The summed E-state index contributed by atoms with van der Waals surface area (Å²) in [4.78, 5) is 19.2. The second kappa shape index (κ2) is 6.06. The van der Waals surface area contributed by atoms with E-state index >= 15 is 0 Å². The van der Waals surface area contributed by atoms with Gasteiger partial charge in [0.15, 0.2) is 5.78 Å². The monoisotopic (exact) mass is 281 g/mol. The molecule has 1 aliphatic heterocycles. The van der Waals surface area contributed by atoms with Crippen molar-refractivity contribution < 1.29 is 4.79 Å². The summed E-state index contributed by atoms with van der Waals surface area (Å²) >= 11 is 0. The van der Waals surface area contributed by atoms with E-state index in [2.05, 4.69) is 15.2 Å². The van der Waals surface area contributed by atoms with Gasteiger partial charge in [0.25, 0.3) is 0 Å². The zero-order valence-electron chi connectivity index (χ0n) is 12.2. The largest absolute Gasteiger partial charge is 0.354 e. The minimum atomic E-state index is 0.0347. The van der Waals surface area contributed by atoms with Crippen LogP contribution in [0.25, 0.3) is 0 Å². The number of pyridine rings is 1. The van der Waals surface area contributed by atoms with Gasteiger partial charge in [-0.2, -0.15) is 0 Å². The van der Waals surface area contributed by atoms with Gasteiger partial charge in [-0.15, -0.1) is 0 Å². The summed E-state index contributed by atoms with van der Waals surface area (Å²) in [6, 6.07) is 11.4. The summed E-state index contributed by atoms with van der Waals surface area (Å²) in [6.07, 6.45) is 1.71. The first kappa shape index (κ1) is 13.8. The number of ketones is 1. The van der Waals surface area contributed by atoms with Crippen LogP contribution in [0.3, 0.4) is 0 Å². The van der Waals surface area contributed by atoms with Crippen LogP contribution in [0.2, 0.25) is 0 Å². The van der Waals surface area contributed by atoms with Gasteiger partial charge in [0.1, 0.15) is 5.82 Å². The number of anilines is 1. The van der Waals surface area contributed by atoms with Crippen molar-refractivity contribution in [3.8, 4) is 0 Å². The van der Waals surface area contributed by atoms with Gasteiger partial charge in [-0.25, -0.2) is 4.98 Å². The lowest BCUT2D eigenvalue weighted by molar-refractivity contribution is 0.103. The Balaban J connectivity index is 1.86. The van der Waals surface area contributed by atoms with Gasteiger partial charge in [0.05, 0.1) is 0 Å². The van der Waals surface area contributed by atoms with E-state index in [1.54, 1.807) is 6.20 Å². The van der Waals surface area contributed by atoms with Gasteiger partial charge in [-0.05, 0) is 18.6 Å². The van der Waals surface area contributed by atoms with E-state index in [1.165, 1.54) is 0 Å². The first-order valence-electron chi connectivity index (χ1n) is 7.28. The average molecular weight is 281 g/mol. The van der Waals surface area contributed by atoms with Gasteiger partial charge in [-0.3, -0.25) is 4.79 Å². The highest BCUT2D eigenvalue weighted by Crippen LogP contribution is 2.19. The van der Waals surface area contributed by atoms with Crippen LogP contribution in [0, 0.1) is 6.92 Å².